The lowest BCUT2D eigenvalue weighted by molar-refractivity contribution is -0.115. The van der Waals surface area contributed by atoms with E-state index in [-0.39, 0.29) is 24.1 Å². The maximum atomic E-state index is 12.9. The molecule has 0 aliphatic heterocycles. The minimum atomic E-state index is -0.264. The third kappa shape index (κ3) is 4.78. The number of furan rings is 1. The largest absolute Gasteiger partial charge is 0.467 e. The first-order valence-electron chi connectivity index (χ1n) is 9.76. The van der Waals surface area contributed by atoms with Gasteiger partial charge in [0.25, 0.3) is 5.91 Å². The molecule has 7 heteroatoms. The molecular weight excluding hydrogens is 410 g/mol. The van der Waals surface area contributed by atoms with Crippen LogP contribution in [0.3, 0.4) is 0 Å². The van der Waals surface area contributed by atoms with Gasteiger partial charge in [0.2, 0.25) is 5.91 Å². The van der Waals surface area contributed by atoms with Gasteiger partial charge < -0.3 is 14.6 Å². The Hall–Kier alpha value is -3.58. The lowest BCUT2D eigenvalue weighted by atomic mass is 10.1. The van der Waals surface area contributed by atoms with Gasteiger partial charge in [-0.3, -0.25) is 14.6 Å². The summed E-state index contributed by atoms with van der Waals surface area (Å²) in [4.78, 5) is 32.5. The number of fused-ring (bicyclic) bond motifs is 1. The van der Waals surface area contributed by atoms with Crippen LogP contribution >= 0.6 is 11.8 Å². The number of hydrogen-bond acceptors (Lipinski definition) is 5. The number of anilines is 1. The maximum absolute atomic E-state index is 12.9. The van der Waals surface area contributed by atoms with Crippen molar-refractivity contribution in [2.45, 2.75) is 11.4 Å². The molecule has 4 aromatic rings. The first-order chi connectivity index (χ1) is 15.1. The van der Waals surface area contributed by atoms with E-state index in [0.717, 1.165) is 15.8 Å². The number of para-hydroxylation sites is 2. The van der Waals surface area contributed by atoms with E-state index in [2.05, 4.69) is 10.3 Å². The fourth-order valence-electron chi connectivity index (χ4n) is 3.20. The summed E-state index contributed by atoms with van der Waals surface area (Å²) in [6.45, 7) is 0.281. The molecule has 0 saturated carbocycles. The van der Waals surface area contributed by atoms with Crippen LogP contribution in [0.1, 0.15) is 16.1 Å². The first kappa shape index (κ1) is 20.7. The highest BCUT2D eigenvalue weighted by Gasteiger charge is 2.19. The molecule has 2 aromatic heterocycles. The Labute approximate surface area is 184 Å². The van der Waals surface area contributed by atoms with Gasteiger partial charge in [0.15, 0.2) is 0 Å². The number of nitrogens with one attached hydrogen (secondary N) is 1. The van der Waals surface area contributed by atoms with E-state index < -0.39 is 0 Å². The van der Waals surface area contributed by atoms with Crippen LogP contribution in [0, 0.1) is 0 Å². The normalized spacial score (nSPS) is 10.7. The van der Waals surface area contributed by atoms with E-state index in [0.29, 0.717) is 17.0 Å². The standard InChI is InChI=1S/C24H21N3O3S/c1-27(23(28)16-31-22-12-13-25-20-10-4-2-8-18(20)22)21-11-5-3-9-19(21)24(29)26-15-17-7-6-14-30-17/h2-14H,15-16H2,1H3,(H,26,29). The number of thioether (sulfide) groups is 1. The molecule has 2 heterocycles. The summed E-state index contributed by atoms with van der Waals surface area (Å²) >= 11 is 1.46. The molecule has 0 aliphatic rings. The molecule has 0 bridgehead atoms. The Morgan fingerprint density at radius 3 is 2.68 bits per heavy atom. The molecule has 2 amide bonds. The third-order valence-corrected chi connectivity index (χ3v) is 5.91. The number of nitrogens with zero attached hydrogens (tertiary/aromatic N) is 2. The van der Waals surface area contributed by atoms with Crippen molar-refractivity contribution in [3.05, 3.63) is 90.5 Å². The Bertz CT molecular complexity index is 1200. The van der Waals surface area contributed by atoms with Gasteiger partial charge in [0, 0.05) is 23.5 Å². The van der Waals surface area contributed by atoms with E-state index in [1.54, 1.807) is 49.8 Å². The maximum Gasteiger partial charge on any atom is 0.253 e. The smallest absolute Gasteiger partial charge is 0.253 e. The zero-order chi connectivity index (χ0) is 21.6. The predicted octanol–water partition coefficient (Wildman–Crippen LogP) is 4.51. The zero-order valence-corrected chi connectivity index (χ0v) is 17.8. The Morgan fingerprint density at radius 2 is 1.84 bits per heavy atom. The summed E-state index contributed by atoms with van der Waals surface area (Å²) in [7, 11) is 1.69. The average Bonchev–Trinajstić information content (AvgIpc) is 3.34. The van der Waals surface area contributed by atoms with E-state index in [9.17, 15) is 9.59 Å². The molecule has 2 aromatic carbocycles. The summed E-state index contributed by atoms with van der Waals surface area (Å²) in [6, 6.07) is 20.4. The van der Waals surface area contributed by atoms with Crippen molar-refractivity contribution in [3.63, 3.8) is 0 Å². The van der Waals surface area contributed by atoms with Crippen LogP contribution in [0.5, 0.6) is 0 Å². The van der Waals surface area contributed by atoms with Gasteiger partial charge in [-0.1, -0.05) is 30.3 Å². The van der Waals surface area contributed by atoms with Crippen LogP contribution in [-0.2, 0) is 11.3 Å². The van der Waals surface area contributed by atoms with E-state index in [1.807, 2.05) is 36.4 Å². The molecule has 0 aliphatic carbocycles. The Kier molecular flexibility index (Phi) is 6.33. The van der Waals surface area contributed by atoms with Crippen molar-refractivity contribution in [1.82, 2.24) is 10.3 Å². The van der Waals surface area contributed by atoms with Crippen molar-refractivity contribution >= 4 is 40.2 Å². The van der Waals surface area contributed by atoms with Crippen LogP contribution < -0.4 is 10.2 Å². The summed E-state index contributed by atoms with van der Waals surface area (Å²) in [5.41, 5.74) is 1.89. The van der Waals surface area contributed by atoms with E-state index in [1.165, 1.54) is 16.7 Å². The van der Waals surface area contributed by atoms with Gasteiger partial charge >= 0.3 is 0 Å². The molecule has 0 fully saturated rings. The molecule has 31 heavy (non-hydrogen) atoms. The number of hydrogen-bond donors (Lipinski definition) is 1. The highest BCUT2D eigenvalue weighted by Crippen LogP contribution is 2.27. The van der Waals surface area contributed by atoms with Gasteiger partial charge in [-0.2, -0.15) is 0 Å². The van der Waals surface area contributed by atoms with Gasteiger partial charge in [0.05, 0.1) is 35.3 Å². The molecule has 1 N–H and O–H groups in total. The number of pyridine rings is 1. The molecule has 0 radical (unpaired) electrons. The van der Waals surface area contributed by atoms with E-state index >= 15 is 0 Å². The molecule has 4 rings (SSSR count). The highest BCUT2D eigenvalue weighted by atomic mass is 32.2. The second kappa shape index (κ2) is 9.49. The fourth-order valence-corrected chi connectivity index (χ4v) is 4.16. The van der Waals surface area contributed by atoms with E-state index in [4.69, 9.17) is 4.42 Å². The lowest BCUT2D eigenvalue weighted by Crippen LogP contribution is -2.31. The summed E-state index contributed by atoms with van der Waals surface area (Å²) in [5.74, 6) is 0.542. The van der Waals surface area contributed by atoms with Crippen molar-refractivity contribution in [2.75, 3.05) is 17.7 Å². The van der Waals surface area contributed by atoms with Crippen LogP contribution in [-0.4, -0.2) is 29.6 Å². The molecule has 156 valence electrons. The lowest BCUT2D eigenvalue weighted by Gasteiger charge is -2.20. The molecule has 0 atom stereocenters. The van der Waals surface area contributed by atoms with Gasteiger partial charge in [-0.15, -0.1) is 11.8 Å². The van der Waals surface area contributed by atoms with Crippen molar-refractivity contribution in [3.8, 4) is 0 Å². The molecular formula is C24H21N3O3S. The second-order valence-electron chi connectivity index (χ2n) is 6.85. The van der Waals surface area contributed by atoms with Crippen LogP contribution in [0.25, 0.3) is 10.9 Å². The molecule has 0 spiro atoms. The van der Waals surface area contributed by atoms with Crippen molar-refractivity contribution < 1.29 is 14.0 Å². The Morgan fingerprint density at radius 1 is 1.03 bits per heavy atom. The van der Waals surface area contributed by atoms with Crippen LogP contribution in [0.4, 0.5) is 5.69 Å². The average molecular weight is 432 g/mol. The summed E-state index contributed by atoms with van der Waals surface area (Å²) < 4.78 is 5.25. The Balaban J connectivity index is 1.45. The van der Waals surface area contributed by atoms with Crippen LogP contribution in [0.2, 0.25) is 0 Å². The summed E-state index contributed by atoms with van der Waals surface area (Å²) in [6.07, 6.45) is 3.31. The van der Waals surface area contributed by atoms with Gasteiger partial charge in [0.1, 0.15) is 5.76 Å². The minimum absolute atomic E-state index is 0.0998. The topological polar surface area (TPSA) is 75.4 Å². The predicted molar refractivity (Wildman–Crippen MR) is 122 cm³/mol. The number of rotatable bonds is 7. The fraction of sp³-hybridized carbons (Fsp3) is 0.125. The third-order valence-electron chi connectivity index (χ3n) is 4.85. The number of carbonyl (C=O) groups excluding carboxylic acids is 2. The first-order valence-corrected chi connectivity index (χ1v) is 10.7. The van der Waals surface area contributed by atoms with Crippen LogP contribution in [0.15, 0.2) is 88.5 Å². The minimum Gasteiger partial charge on any atom is -0.467 e. The van der Waals surface area contributed by atoms with Crippen molar-refractivity contribution in [1.29, 1.82) is 0 Å². The van der Waals surface area contributed by atoms with Gasteiger partial charge in [-0.25, -0.2) is 0 Å². The monoisotopic (exact) mass is 431 g/mol. The van der Waals surface area contributed by atoms with Crippen molar-refractivity contribution in [2.24, 2.45) is 0 Å². The molecule has 0 unspecified atom stereocenters. The summed E-state index contributed by atoms with van der Waals surface area (Å²) in [5, 5.41) is 3.85. The highest BCUT2D eigenvalue weighted by molar-refractivity contribution is 8.00. The zero-order valence-electron chi connectivity index (χ0n) is 16.9. The molecule has 6 nitrogen and oxygen atoms in total. The number of amides is 2. The molecule has 0 saturated heterocycles. The second-order valence-corrected chi connectivity index (χ2v) is 7.86. The number of benzene rings is 2. The number of carbonyl (C=O) groups is 2. The number of aromatic nitrogens is 1. The van der Waals surface area contributed by atoms with Gasteiger partial charge in [-0.05, 0) is 36.4 Å². The quantitative estimate of drug-likeness (QED) is 0.436. The SMILES string of the molecule is CN(C(=O)CSc1ccnc2ccccc12)c1ccccc1C(=O)NCc1ccco1.